The van der Waals surface area contributed by atoms with E-state index in [-0.39, 0.29) is 11.9 Å². The standard InChI is InChI=1S/C13H16ClN3O/c14-10-1-2-12(15-6-10)13(18)16-11-5-9-3-4-17(7-9)8-11/h1-2,6,9,11H,3-5,7-8H2,(H,16,18)/t9-,11-/m1/s1. The third kappa shape index (κ3) is 2.49. The van der Waals surface area contributed by atoms with E-state index in [1.807, 2.05) is 0 Å². The minimum atomic E-state index is -0.0980. The van der Waals surface area contributed by atoms with E-state index in [0.29, 0.717) is 10.7 Å². The minimum Gasteiger partial charge on any atom is -0.347 e. The van der Waals surface area contributed by atoms with E-state index >= 15 is 0 Å². The third-order valence-electron chi connectivity index (χ3n) is 3.76. The highest BCUT2D eigenvalue weighted by molar-refractivity contribution is 6.30. The lowest BCUT2D eigenvalue weighted by atomic mass is 9.97. The Balaban J connectivity index is 1.62. The molecule has 4 nitrogen and oxygen atoms in total. The predicted octanol–water partition coefficient (Wildman–Crippen LogP) is 1.56. The largest absolute Gasteiger partial charge is 0.347 e. The van der Waals surface area contributed by atoms with Crippen LogP contribution in [0, 0.1) is 5.92 Å². The molecule has 3 heterocycles. The van der Waals surface area contributed by atoms with Crippen molar-refractivity contribution in [1.29, 1.82) is 0 Å². The summed E-state index contributed by atoms with van der Waals surface area (Å²) in [6, 6.07) is 3.61. The van der Waals surface area contributed by atoms with E-state index in [9.17, 15) is 4.79 Å². The molecule has 2 aliphatic rings. The van der Waals surface area contributed by atoms with Gasteiger partial charge in [0.15, 0.2) is 0 Å². The number of piperidine rings is 1. The molecule has 0 radical (unpaired) electrons. The van der Waals surface area contributed by atoms with Gasteiger partial charge in [-0.15, -0.1) is 0 Å². The molecule has 0 aliphatic carbocycles. The van der Waals surface area contributed by atoms with E-state index < -0.39 is 0 Å². The maximum absolute atomic E-state index is 12.0. The average molecular weight is 266 g/mol. The van der Waals surface area contributed by atoms with Gasteiger partial charge in [-0.25, -0.2) is 4.98 Å². The number of fused-ring (bicyclic) bond motifs is 2. The van der Waals surface area contributed by atoms with Crippen molar-refractivity contribution in [2.24, 2.45) is 5.92 Å². The van der Waals surface area contributed by atoms with Gasteiger partial charge in [-0.3, -0.25) is 4.79 Å². The molecule has 0 aromatic carbocycles. The number of nitrogens with zero attached hydrogens (tertiary/aromatic N) is 2. The van der Waals surface area contributed by atoms with Crippen molar-refractivity contribution in [3.8, 4) is 0 Å². The molecule has 0 saturated carbocycles. The molecule has 18 heavy (non-hydrogen) atoms. The van der Waals surface area contributed by atoms with Gasteiger partial charge in [0.05, 0.1) is 5.02 Å². The molecular formula is C13H16ClN3O. The fourth-order valence-corrected chi connectivity index (χ4v) is 3.05. The summed E-state index contributed by atoms with van der Waals surface area (Å²) in [6.07, 6.45) is 3.87. The molecule has 1 N–H and O–H groups in total. The number of pyridine rings is 1. The normalized spacial score (nSPS) is 30.2. The average Bonchev–Trinajstić information content (AvgIpc) is 2.69. The second-order valence-corrected chi connectivity index (χ2v) is 5.62. The Morgan fingerprint density at radius 2 is 2.33 bits per heavy atom. The number of nitrogens with one attached hydrogen (secondary N) is 1. The van der Waals surface area contributed by atoms with Gasteiger partial charge in [-0.1, -0.05) is 11.6 Å². The number of rotatable bonds is 2. The molecule has 2 fully saturated rings. The topological polar surface area (TPSA) is 45.2 Å². The molecule has 1 aromatic heterocycles. The van der Waals surface area contributed by atoms with Crippen LogP contribution in [0.2, 0.25) is 5.02 Å². The fourth-order valence-electron chi connectivity index (χ4n) is 2.93. The first kappa shape index (κ1) is 11.9. The van der Waals surface area contributed by atoms with Crippen molar-refractivity contribution in [3.63, 3.8) is 0 Å². The van der Waals surface area contributed by atoms with Gasteiger partial charge in [0.25, 0.3) is 5.91 Å². The first-order valence-electron chi connectivity index (χ1n) is 6.35. The third-order valence-corrected chi connectivity index (χ3v) is 3.99. The van der Waals surface area contributed by atoms with Gasteiger partial charge in [0, 0.05) is 25.3 Å². The maximum atomic E-state index is 12.0. The molecule has 5 heteroatoms. The molecule has 2 aliphatic heterocycles. The Kier molecular flexibility index (Phi) is 3.22. The van der Waals surface area contributed by atoms with Gasteiger partial charge in [0.1, 0.15) is 5.69 Å². The van der Waals surface area contributed by atoms with Crippen LogP contribution in [0.25, 0.3) is 0 Å². The summed E-state index contributed by atoms with van der Waals surface area (Å²) < 4.78 is 0. The Morgan fingerprint density at radius 3 is 3.06 bits per heavy atom. The number of amides is 1. The number of aromatic nitrogens is 1. The number of hydrogen-bond acceptors (Lipinski definition) is 3. The van der Waals surface area contributed by atoms with Crippen molar-refractivity contribution in [3.05, 3.63) is 29.0 Å². The van der Waals surface area contributed by atoms with Gasteiger partial charge in [-0.05, 0) is 37.4 Å². The Hall–Kier alpha value is -1.13. The summed E-state index contributed by atoms with van der Waals surface area (Å²) in [6.45, 7) is 3.34. The van der Waals surface area contributed by atoms with Crippen LogP contribution in [0.1, 0.15) is 23.3 Å². The SMILES string of the molecule is O=C(N[C@@H]1C[C@H]2CCN(C2)C1)c1ccc(Cl)cn1. The second-order valence-electron chi connectivity index (χ2n) is 5.18. The fraction of sp³-hybridized carbons (Fsp3) is 0.538. The summed E-state index contributed by atoms with van der Waals surface area (Å²) >= 11 is 5.75. The van der Waals surface area contributed by atoms with E-state index in [1.165, 1.54) is 25.7 Å². The summed E-state index contributed by atoms with van der Waals surface area (Å²) in [5, 5.41) is 3.62. The lowest BCUT2D eigenvalue weighted by Gasteiger charge is -2.30. The second kappa shape index (κ2) is 4.86. The molecule has 96 valence electrons. The van der Waals surface area contributed by atoms with Crippen LogP contribution in [-0.2, 0) is 0 Å². The zero-order chi connectivity index (χ0) is 12.5. The number of hydrogen-bond donors (Lipinski definition) is 1. The highest BCUT2D eigenvalue weighted by Crippen LogP contribution is 2.26. The summed E-state index contributed by atoms with van der Waals surface area (Å²) in [4.78, 5) is 18.5. The smallest absolute Gasteiger partial charge is 0.270 e. The van der Waals surface area contributed by atoms with E-state index in [1.54, 1.807) is 12.1 Å². The van der Waals surface area contributed by atoms with E-state index in [2.05, 4.69) is 15.2 Å². The quantitative estimate of drug-likeness (QED) is 0.883. The lowest BCUT2D eigenvalue weighted by molar-refractivity contribution is 0.0904. The van der Waals surface area contributed by atoms with Crippen LogP contribution < -0.4 is 5.32 Å². The van der Waals surface area contributed by atoms with Crippen molar-refractivity contribution in [1.82, 2.24) is 15.2 Å². The Labute approximate surface area is 111 Å². The molecule has 1 amide bonds. The molecule has 3 atom stereocenters. The highest BCUT2D eigenvalue weighted by Gasteiger charge is 2.33. The van der Waals surface area contributed by atoms with Crippen LogP contribution in [0.4, 0.5) is 0 Å². The zero-order valence-corrected chi connectivity index (χ0v) is 10.9. The van der Waals surface area contributed by atoms with Gasteiger partial charge >= 0.3 is 0 Å². The van der Waals surface area contributed by atoms with Gasteiger partial charge < -0.3 is 10.2 Å². The predicted molar refractivity (Wildman–Crippen MR) is 69.7 cm³/mol. The van der Waals surface area contributed by atoms with Crippen molar-refractivity contribution in [2.45, 2.75) is 18.9 Å². The van der Waals surface area contributed by atoms with Crippen LogP contribution in [0.15, 0.2) is 18.3 Å². The molecule has 1 aromatic rings. The first-order valence-corrected chi connectivity index (χ1v) is 6.73. The minimum absolute atomic E-state index is 0.0980. The summed E-state index contributed by atoms with van der Waals surface area (Å²) in [5.74, 6) is 0.654. The maximum Gasteiger partial charge on any atom is 0.270 e. The highest BCUT2D eigenvalue weighted by atomic mass is 35.5. The van der Waals surface area contributed by atoms with Gasteiger partial charge in [-0.2, -0.15) is 0 Å². The Morgan fingerprint density at radius 1 is 1.44 bits per heavy atom. The molecule has 2 bridgehead atoms. The zero-order valence-electron chi connectivity index (χ0n) is 10.1. The van der Waals surface area contributed by atoms with Crippen LogP contribution in [-0.4, -0.2) is 41.5 Å². The Bertz CT molecular complexity index is 436. The van der Waals surface area contributed by atoms with Crippen LogP contribution >= 0.6 is 11.6 Å². The lowest BCUT2D eigenvalue weighted by Crippen LogP contribution is -2.47. The summed E-state index contributed by atoms with van der Waals surface area (Å²) in [5.41, 5.74) is 0.437. The first-order chi connectivity index (χ1) is 8.70. The van der Waals surface area contributed by atoms with Crippen molar-refractivity contribution >= 4 is 17.5 Å². The van der Waals surface area contributed by atoms with Crippen molar-refractivity contribution < 1.29 is 4.79 Å². The van der Waals surface area contributed by atoms with E-state index in [4.69, 9.17) is 11.6 Å². The molecule has 2 saturated heterocycles. The van der Waals surface area contributed by atoms with Crippen LogP contribution in [0.3, 0.4) is 0 Å². The number of carbonyl (C=O) groups excluding carboxylic acids is 1. The van der Waals surface area contributed by atoms with E-state index in [0.717, 1.165) is 18.9 Å². The summed E-state index contributed by atoms with van der Waals surface area (Å²) in [7, 11) is 0. The van der Waals surface area contributed by atoms with Crippen LogP contribution in [0.5, 0.6) is 0 Å². The molecule has 0 spiro atoms. The monoisotopic (exact) mass is 265 g/mol. The number of carbonyl (C=O) groups is 1. The molecule has 3 rings (SSSR count). The molecule has 1 unspecified atom stereocenters. The molecular weight excluding hydrogens is 250 g/mol. The van der Waals surface area contributed by atoms with Crippen molar-refractivity contribution in [2.75, 3.05) is 19.6 Å². The number of halogens is 1. The van der Waals surface area contributed by atoms with Gasteiger partial charge in [0.2, 0.25) is 0 Å².